The van der Waals surface area contributed by atoms with Crippen LogP contribution in [0.15, 0.2) is 16.5 Å². The molecule has 0 aliphatic carbocycles. The van der Waals surface area contributed by atoms with Gasteiger partial charge in [-0.15, -0.1) is 0 Å². The quantitative estimate of drug-likeness (QED) is 0.908. The Hall–Kier alpha value is -0.800. The molecule has 1 fully saturated rings. The maximum Gasteiger partial charge on any atom is 0.118 e. The molecule has 0 unspecified atom stereocenters. The molecule has 2 heterocycles. The second-order valence-electron chi connectivity index (χ2n) is 7.95. The molecule has 0 saturated carbocycles. The van der Waals surface area contributed by atoms with Crippen LogP contribution < -0.4 is 5.32 Å². The van der Waals surface area contributed by atoms with Crippen LogP contribution in [-0.2, 0) is 13.1 Å². The van der Waals surface area contributed by atoms with Crippen molar-refractivity contribution >= 4 is 0 Å². The average Bonchev–Trinajstić information content (AvgIpc) is 2.72. The molecule has 0 atom stereocenters. The number of hydrogen-bond donors (Lipinski definition) is 1. The smallest absolute Gasteiger partial charge is 0.118 e. The van der Waals surface area contributed by atoms with Crippen LogP contribution in [0.4, 0.5) is 0 Å². The molecule has 1 N–H and O–H groups in total. The molecule has 2 rings (SSSR count). The van der Waals surface area contributed by atoms with Gasteiger partial charge in [-0.1, -0.05) is 13.8 Å². The summed E-state index contributed by atoms with van der Waals surface area (Å²) in [4.78, 5) is 2.52. The van der Waals surface area contributed by atoms with E-state index < -0.39 is 0 Å². The molecule has 3 nitrogen and oxygen atoms in total. The summed E-state index contributed by atoms with van der Waals surface area (Å²) in [5.41, 5.74) is 0.575. The molecule has 1 aromatic rings. The van der Waals surface area contributed by atoms with Crippen molar-refractivity contribution in [3.63, 3.8) is 0 Å². The lowest BCUT2D eigenvalue weighted by Crippen LogP contribution is -2.39. The van der Waals surface area contributed by atoms with E-state index in [2.05, 4.69) is 57.0 Å². The lowest BCUT2D eigenvalue weighted by atomic mass is 9.84. The van der Waals surface area contributed by atoms with Crippen molar-refractivity contribution in [1.29, 1.82) is 0 Å². The Labute approximate surface area is 123 Å². The van der Waals surface area contributed by atoms with Gasteiger partial charge in [0, 0.05) is 12.1 Å². The number of furan rings is 1. The van der Waals surface area contributed by atoms with Crippen LogP contribution in [0, 0.1) is 5.41 Å². The topological polar surface area (TPSA) is 28.4 Å². The third kappa shape index (κ3) is 4.95. The van der Waals surface area contributed by atoms with E-state index in [1.54, 1.807) is 0 Å². The second-order valence-corrected chi connectivity index (χ2v) is 7.95. The van der Waals surface area contributed by atoms with Gasteiger partial charge in [-0.25, -0.2) is 0 Å². The van der Waals surface area contributed by atoms with Gasteiger partial charge >= 0.3 is 0 Å². The molecule has 1 aromatic heterocycles. The molecule has 1 aliphatic heterocycles. The minimum Gasteiger partial charge on any atom is -0.463 e. The number of hydrogen-bond acceptors (Lipinski definition) is 3. The zero-order chi connectivity index (χ0) is 14.8. The molecule has 0 amide bonds. The second kappa shape index (κ2) is 5.90. The van der Waals surface area contributed by atoms with Crippen molar-refractivity contribution in [1.82, 2.24) is 10.2 Å². The molecular weight excluding hydrogens is 248 g/mol. The summed E-state index contributed by atoms with van der Waals surface area (Å²) in [5.74, 6) is 2.12. The number of rotatable bonds is 4. The van der Waals surface area contributed by atoms with E-state index in [4.69, 9.17) is 4.42 Å². The van der Waals surface area contributed by atoms with Crippen LogP contribution >= 0.6 is 0 Å². The predicted octanol–water partition coefficient (Wildman–Crippen LogP) is 3.79. The number of likely N-dealkylation sites (tertiary alicyclic amines) is 1. The summed E-state index contributed by atoms with van der Waals surface area (Å²) in [6.45, 7) is 15.4. The minimum atomic E-state index is 0.129. The van der Waals surface area contributed by atoms with Gasteiger partial charge in [-0.05, 0) is 57.7 Å². The van der Waals surface area contributed by atoms with E-state index in [0.29, 0.717) is 5.41 Å². The van der Waals surface area contributed by atoms with Gasteiger partial charge in [0.2, 0.25) is 0 Å². The normalized spacial score (nSPS) is 20.2. The van der Waals surface area contributed by atoms with Gasteiger partial charge in [-0.2, -0.15) is 0 Å². The summed E-state index contributed by atoms with van der Waals surface area (Å²) in [5, 5.41) is 3.46. The summed E-state index contributed by atoms with van der Waals surface area (Å²) < 4.78 is 5.95. The van der Waals surface area contributed by atoms with Gasteiger partial charge in [0.1, 0.15) is 11.5 Å². The Kier molecular flexibility index (Phi) is 4.60. The van der Waals surface area contributed by atoms with Crippen LogP contribution in [-0.4, -0.2) is 23.5 Å². The number of nitrogens with zero attached hydrogens (tertiary/aromatic N) is 1. The third-order valence-electron chi connectivity index (χ3n) is 3.87. The first kappa shape index (κ1) is 15.6. The van der Waals surface area contributed by atoms with Gasteiger partial charge in [0.05, 0.1) is 13.1 Å². The predicted molar refractivity (Wildman–Crippen MR) is 83.6 cm³/mol. The van der Waals surface area contributed by atoms with E-state index in [0.717, 1.165) is 24.6 Å². The Bertz CT molecular complexity index is 428. The molecule has 1 saturated heterocycles. The highest BCUT2D eigenvalue weighted by Crippen LogP contribution is 2.29. The van der Waals surface area contributed by atoms with Crippen molar-refractivity contribution in [3.05, 3.63) is 23.7 Å². The van der Waals surface area contributed by atoms with Crippen molar-refractivity contribution in [2.45, 2.75) is 66.1 Å². The summed E-state index contributed by atoms with van der Waals surface area (Å²) in [7, 11) is 0. The van der Waals surface area contributed by atoms with Gasteiger partial charge < -0.3 is 9.73 Å². The lowest BCUT2D eigenvalue weighted by Gasteiger charge is -2.37. The molecule has 1 aliphatic rings. The first-order valence-corrected chi connectivity index (χ1v) is 7.79. The zero-order valence-electron chi connectivity index (χ0n) is 13.8. The van der Waals surface area contributed by atoms with Crippen molar-refractivity contribution in [2.75, 3.05) is 13.1 Å². The molecule has 0 spiro atoms. The maximum atomic E-state index is 5.95. The number of piperidine rings is 1. The first-order chi connectivity index (χ1) is 9.23. The fraction of sp³-hybridized carbons (Fsp3) is 0.765. The molecule has 20 heavy (non-hydrogen) atoms. The highest BCUT2D eigenvalue weighted by atomic mass is 16.3. The van der Waals surface area contributed by atoms with Gasteiger partial charge in [0.25, 0.3) is 0 Å². The maximum absolute atomic E-state index is 5.95. The zero-order valence-corrected chi connectivity index (χ0v) is 13.8. The van der Waals surface area contributed by atoms with Gasteiger partial charge in [0.15, 0.2) is 0 Å². The van der Waals surface area contributed by atoms with Crippen LogP contribution in [0.25, 0.3) is 0 Å². The average molecular weight is 278 g/mol. The fourth-order valence-electron chi connectivity index (χ4n) is 2.85. The lowest BCUT2D eigenvalue weighted by molar-refractivity contribution is 0.104. The van der Waals surface area contributed by atoms with Crippen LogP contribution in [0.2, 0.25) is 0 Å². The highest BCUT2D eigenvalue weighted by Gasteiger charge is 2.26. The standard InChI is InChI=1S/C17H30N2O/c1-16(2,3)18-11-14-7-8-15(20-14)12-19-10-6-9-17(4,5)13-19/h7-8,18H,6,9-13H2,1-5H3. The first-order valence-electron chi connectivity index (χ1n) is 7.79. The van der Waals surface area contributed by atoms with Crippen LogP contribution in [0.5, 0.6) is 0 Å². The largest absolute Gasteiger partial charge is 0.463 e. The van der Waals surface area contributed by atoms with E-state index >= 15 is 0 Å². The van der Waals surface area contributed by atoms with E-state index in [1.165, 1.54) is 25.9 Å². The van der Waals surface area contributed by atoms with Gasteiger partial charge in [-0.3, -0.25) is 4.90 Å². The molecule has 0 bridgehead atoms. The van der Waals surface area contributed by atoms with E-state index in [-0.39, 0.29) is 5.54 Å². The van der Waals surface area contributed by atoms with Crippen LogP contribution in [0.3, 0.4) is 0 Å². The highest BCUT2D eigenvalue weighted by molar-refractivity contribution is 5.07. The van der Waals surface area contributed by atoms with Crippen molar-refractivity contribution < 1.29 is 4.42 Å². The Morgan fingerprint density at radius 3 is 2.60 bits per heavy atom. The minimum absolute atomic E-state index is 0.129. The van der Waals surface area contributed by atoms with Crippen molar-refractivity contribution in [3.8, 4) is 0 Å². The van der Waals surface area contributed by atoms with Crippen LogP contribution in [0.1, 0.15) is 59.0 Å². The van der Waals surface area contributed by atoms with Crippen molar-refractivity contribution in [2.24, 2.45) is 5.41 Å². The van der Waals surface area contributed by atoms with E-state index in [1.807, 2.05) is 0 Å². The number of nitrogens with one attached hydrogen (secondary N) is 1. The molecular formula is C17H30N2O. The monoisotopic (exact) mass is 278 g/mol. The summed E-state index contributed by atoms with van der Waals surface area (Å²) in [6, 6.07) is 4.23. The Morgan fingerprint density at radius 1 is 1.25 bits per heavy atom. The summed E-state index contributed by atoms with van der Waals surface area (Å²) >= 11 is 0. The third-order valence-corrected chi connectivity index (χ3v) is 3.87. The Balaban J connectivity index is 1.86. The Morgan fingerprint density at radius 2 is 1.95 bits per heavy atom. The fourth-order valence-corrected chi connectivity index (χ4v) is 2.85. The SMILES string of the molecule is CC1(C)CCCN(Cc2ccc(CNC(C)(C)C)o2)C1. The summed E-state index contributed by atoms with van der Waals surface area (Å²) in [6.07, 6.45) is 2.63. The molecule has 114 valence electrons. The molecule has 0 aromatic carbocycles. The molecule has 0 radical (unpaired) electrons. The van der Waals surface area contributed by atoms with E-state index in [9.17, 15) is 0 Å². The molecule has 3 heteroatoms.